The van der Waals surface area contributed by atoms with Crippen molar-refractivity contribution in [1.29, 1.82) is 0 Å². The molecule has 0 radical (unpaired) electrons. The van der Waals surface area contributed by atoms with Crippen LogP contribution in [0.2, 0.25) is 0 Å². The van der Waals surface area contributed by atoms with E-state index >= 15 is 0 Å². The van der Waals surface area contributed by atoms with Crippen LogP contribution >= 0.6 is 0 Å². The molecule has 0 unspecified atom stereocenters. The highest BCUT2D eigenvalue weighted by Crippen LogP contribution is 2.67. The van der Waals surface area contributed by atoms with Crippen LogP contribution < -0.4 is 0 Å². The van der Waals surface area contributed by atoms with Crippen molar-refractivity contribution in [3.63, 3.8) is 0 Å². The van der Waals surface area contributed by atoms with Gasteiger partial charge in [-0.05, 0) is 98.2 Å². The Morgan fingerprint density at radius 3 is 2.61 bits per heavy atom. The van der Waals surface area contributed by atoms with Gasteiger partial charge in [0, 0.05) is 12.5 Å². The second-order valence-electron chi connectivity index (χ2n) is 13.1. The van der Waals surface area contributed by atoms with Crippen molar-refractivity contribution in [2.75, 3.05) is 0 Å². The largest absolute Gasteiger partial charge is 0.459 e. The van der Waals surface area contributed by atoms with Crippen LogP contribution in [0.25, 0.3) is 0 Å². The molecule has 4 rings (SSSR count). The molecule has 0 amide bonds. The molecule has 2 nitrogen and oxygen atoms in total. The second-order valence-corrected chi connectivity index (χ2v) is 13.1. The van der Waals surface area contributed by atoms with Gasteiger partial charge >= 0.3 is 5.97 Å². The Bertz CT molecular complexity index is 763. The molecule has 0 heterocycles. The first kappa shape index (κ1) is 25.1. The molecule has 8 atom stereocenters. The average Bonchev–Trinajstić information content (AvgIpc) is 3.11. The van der Waals surface area contributed by atoms with E-state index in [2.05, 4.69) is 40.7 Å². The van der Waals surface area contributed by atoms with Crippen LogP contribution in [0.15, 0.2) is 23.8 Å². The number of allylic oxidation sites excluding steroid dienone is 2. The summed E-state index contributed by atoms with van der Waals surface area (Å²) >= 11 is 0. The molecular formula is C31H50O2. The van der Waals surface area contributed by atoms with Gasteiger partial charge in [0.15, 0.2) is 0 Å². The van der Waals surface area contributed by atoms with Crippen LogP contribution in [0, 0.1) is 46.3 Å². The molecule has 0 saturated heterocycles. The molecule has 3 fully saturated rings. The zero-order chi connectivity index (χ0) is 23.8. The summed E-state index contributed by atoms with van der Waals surface area (Å²) in [4.78, 5) is 12.0. The molecule has 33 heavy (non-hydrogen) atoms. The number of esters is 1. The molecule has 0 spiro atoms. The van der Waals surface area contributed by atoms with Gasteiger partial charge in [0.05, 0.1) is 0 Å². The summed E-state index contributed by atoms with van der Waals surface area (Å²) in [5.74, 6) is 5.08. The molecule has 0 N–H and O–H groups in total. The Labute approximate surface area is 204 Å². The molecule has 0 aromatic rings. The summed E-state index contributed by atoms with van der Waals surface area (Å²) in [6, 6.07) is 0. The van der Waals surface area contributed by atoms with Gasteiger partial charge in [0.25, 0.3) is 0 Å². The summed E-state index contributed by atoms with van der Waals surface area (Å²) in [6.45, 7) is 14.4. The maximum Gasteiger partial charge on any atom is 0.330 e. The number of rotatable bonds is 7. The molecule has 3 saturated carbocycles. The maximum atomic E-state index is 12.0. The Kier molecular flexibility index (Phi) is 7.52. The van der Waals surface area contributed by atoms with E-state index in [0.717, 1.165) is 48.3 Å². The van der Waals surface area contributed by atoms with Crippen molar-refractivity contribution in [1.82, 2.24) is 0 Å². The van der Waals surface area contributed by atoms with Crippen molar-refractivity contribution >= 4 is 5.97 Å². The molecule has 4 aliphatic carbocycles. The van der Waals surface area contributed by atoms with Crippen LogP contribution in [0.3, 0.4) is 0 Å². The maximum absolute atomic E-state index is 12.0. The lowest BCUT2D eigenvalue weighted by atomic mass is 9.47. The summed E-state index contributed by atoms with van der Waals surface area (Å²) in [5, 5.41) is 0. The highest BCUT2D eigenvalue weighted by Gasteiger charge is 2.59. The van der Waals surface area contributed by atoms with E-state index in [1.54, 1.807) is 17.7 Å². The number of hydrogen-bond donors (Lipinski definition) is 0. The van der Waals surface area contributed by atoms with Crippen molar-refractivity contribution < 1.29 is 9.53 Å². The normalized spacial score (nSPS) is 41.3. The summed E-state index contributed by atoms with van der Waals surface area (Å²) in [7, 11) is 0. The van der Waals surface area contributed by atoms with Gasteiger partial charge in [-0.2, -0.15) is 0 Å². The van der Waals surface area contributed by atoms with Crippen LogP contribution in [0.4, 0.5) is 0 Å². The van der Waals surface area contributed by atoms with Crippen molar-refractivity contribution in [3.05, 3.63) is 23.8 Å². The minimum atomic E-state index is -0.173. The Balaban J connectivity index is 1.44. The van der Waals surface area contributed by atoms with Crippen molar-refractivity contribution in [3.8, 4) is 0 Å². The molecule has 4 aliphatic rings. The van der Waals surface area contributed by atoms with Gasteiger partial charge in [-0.25, -0.2) is 4.79 Å². The van der Waals surface area contributed by atoms with E-state index in [1.807, 2.05) is 6.92 Å². The highest BCUT2D eigenvalue weighted by molar-refractivity contribution is 5.81. The molecular weight excluding hydrogens is 404 g/mol. The van der Waals surface area contributed by atoms with Gasteiger partial charge < -0.3 is 4.74 Å². The number of ether oxygens (including phenoxy) is 1. The number of carbonyl (C=O) groups excluding carboxylic acids is 1. The summed E-state index contributed by atoms with van der Waals surface area (Å²) < 4.78 is 5.77. The van der Waals surface area contributed by atoms with E-state index in [4.69, 9.17) is 4.74 Å². The number of fused-ring (bicyclic) bond motifs is 5. The Hall–Kier alpha value is -1.05. The first-order chi connectivity index (χ1) is 15.7. The first-order valence-electron chi connectivity index (χ1n) is 14.2. The number of carbonyl (C=O) groups is 1. The molecule has 0 bridgehead atoms. The molecule has 0 aromatic carbocycles. The minimum Gasteiger partial charge on any atom is -0.459 e. The third-order valence-electron chi connectivity index (χ3n) is 10.8. The molecule has 2 heteroatoms. The first-order valence-corrected chi connectivity index (χ1v) is 14.2. The standard InChI is InChI=1S/C31H50O2/c1-7-9-29(32)33-24-16-18-30(5)23(20-24)12-13-25-27-15-14-26(22(4)11-8-10-21(2)3)31(27,6)19-17-28(25)30/h7,9,12,21-22,24-28H,8,10-11,13-20H2,1-6H3/b9-7+/t22-,24+,25-,26+,27-,28-,30-,31+/m0/s1. The molecule has 0 aromatic heterocycles. The zero-order valence-corrected chi connectivity index (χ0v) is 22.4. The van der Waals surface area contributed by atoms with Crippen LogP contribution in [0.5, 0.6) is 0 Å². The topological polar surface area (TPSA) is 26.3 Å². The van der Waals surface area contributed by atoms with E-state index in [-0.39, 0.29) is 12.1 Å². The van der Waals surface area contributed by atoms with E-state index in [0.29, 0.717) is 10.8 Å². The predicted octanol–water partition coefficient (Wildman–Crippen LogP) is 8.52. The lowest BCUT2D eigenvalue weighted by molar-refractivity contribution is -0.145. The van der Waals surface area contributed by atoms with Gasteiger partial charge in [0.2, 0.25) is 0 Å². The Morgan fingerprint density at radius 1 is 1.09 bits per heavy atom. The second kappa shape index (κ2) is 9.90. The average molecular weight is 455 g/mol. The summed E-state index contributed by atoms with van der Waals surface area (Å²) in [5.41, 5.74) is 2.49. The minimum absolute atomic E-state index is 0.0704. The fraction of sp³-hybridized carbons (Fsp3) is 0.839. The zero-order valence-electron chi connectivity index (χ0n) is 22.4. The van der Waals surface area contributed by atoms with Crippen LogP contribution in [0.1, 0.15) is 112 Å². The quantitative estimate of drug-likeness (QED) is 0.219. The fourth-order valence-electron chi connectivity index (χ4n) is 9.09. The van der Waals surface area contributed by atoms with Gasteiger partial charge in [-0.3, -0.25) is 0 Å². The third kappa shape index (κ3) is 4.74. The SMILES string of the molecule is C/C=C/C(=O)O[C@@H]1CC[C@@]2(C)C(=CC[C@H]3[C@@H]4CC[C@H]([C@@H](C)CCCC(C)C)[C@@]4(C)CC[C@@H]32)C1. The van der Waals surface area contributed by atoms with E-state index in [9.17, 15) is 4.79 Å². The smallest absolute Gasteiger partial charge is 0.330 e. The van der Waals surface area contributed by atoms with Crippen LogP contribution in [-0.4, -0.2) is 12.1 Å². The Morgan fingerprint density at radius 2 is 1.88 bits per heavy atom. The lowest BCUT2D eigenvalue weighted by Gasteiger charge is -2.58. The fourth-order valence-corrected chi connectivity index (χ4v) is 9.09. The van der Waals surface area contributed by atoms with Crippen LogP contribution in [-0.2, 0) is 9.53 Å². The summed E-state index contributed by atoms with van der Waals surface area (Å²) in [6.07, 6.45) is 20.4. The monoisotopic (exact) mass is 454 g/mol. The van der Waals surface area contributed by atoms with Gasteiger partial charge in [-0.1, -0.05) is 71.6 Å². The van der Waals surface area contributed by atoms with Crippen molar-refractivity contribution in [2.24, 2.45) is 46.3 Å². The third-order valence-corrected chi connectivity index (χ3v) is 10.8. The lowest BCUT2D eigenvalue weighted by Crippen LogP contribution is -2.51. The van der Waals surface area contributed by atoms with Crippen molar-refractivity contribution in [2.45, 2.75) is 118 Å². The van der Waals surface area contributed by atoms with Gasteiger partial charge in [0.1, 0.15) is 6.10 Å². The highest BCUT2D eigenvalue weighted by atomic mass is 16.5. The van der Waals surface area contributed by atoms with Gasteiger partial charge in [-0.15, -0.1) is 0 Å². The van der Waals surface area contributed by atoms with E-state index in [1.165, 1.54) is 57.8 Å². The predicted molar refractivity (Wildman–Crippen MR) is 138 cm³/mol. The molecule has 0 aliphatic heterocycles. The van der Waals surface area contributed by atoms with E-state index < -0.39 is 0 Å². The molecule has 186 valence electrons. The number of hydrogen-bond acceptors (Lipinski definition) is 2.